The summed E-state index contributed by atoms with van der Waals surface area (Å²) >= 11 is 0. The molecule has 1 aromatic heterocycles. The van der Waals surface area contributed by atoms with E-state index in [1.807, 2.05) is 0 Å². The van der Waals surface area contributed by atoms with Gasteiger partial charge in [0.1, 0.15) is 11.7 Å². The van der Waals surface area contributed by atoms with Crippen molar-refractivity contribution in [2.75, 3.05) is 6.61 Å². The molecule has 7 heteroatoms. The van der Waals surface area contributed by atoms with Crippen LogP contribution in [0.3, 0.4) is 0 Å². The zero-order valence-corrected chi connectivity index (χ0v) is 11.5. The molecule has 1 aliphatic heterocycles. The zero-order chi connectivity index (χ0) is 14.8. The fraction of sp³-hybridized carbons (Fsp3) is 0.357. The SMILES string of the molecule is CCOC(=O)c1c[nH]c(C=C2C(=O)NN=C2OC2CC2)c1. The lowest BCUT2D eigenvalue weighted by Gasteiger charge is -2.02. The number of carbonyl (C=O) groups is 2. The topological polar surface area (TPSA) is 92.8 Å². The quantitative estimate of drug-likeness (QED) is 0.643. The lowest BCUT2D eigenvalue weighted by atomic mass is 10.2. The normalized spacial score (nSPS) is 19.4. The summed E-state index contributed by atoms with van der Waals surface area (Å²) in [7, 11) is 0. The molecule has 110 valence electrons. The Morgan fingerprint density at radius 3 is 3.05 bits per heavy atom. The summed E-state index contributed by atoms with van der Waals surface area (Å²) in [5, 5.41) is 3.87. The maximum Gasteiger partial charge on any atom is 0.339 e. The summed E-state index contributed by atoms with van der Waals surface area (Å²) < 4.78 is 10.5. The molecule has 0 saturated heterocycles. The first-order valence-corrected chi connectivity index (χ1v) is 6.79. The molecule has 0 spiro atoms. The van der Waals surface area contributed by atoms with Crippen molar-refractivity contribution in [2.24, 2.45) is 5.10 Å². The van der Waals surface area contributed by atoms with Crippen molar-refractivity contribution in [3.63, 3.8) is 0 Å². The highest BCUT2D eigenvalue weighted by atomic mass is 16.5. The summed E-state index contributed by atoms with van der Waals surface area (Å²) in [6.07, 6.45) is 5.26. The van der Waals surface area contributed by atoms with Gasteiger partial charge in [-0.05, 0) is 31.9 Å². The van der Waals surface area contributed by atoms with Gasteiger partial charge in [0, 0.05) is 11.9 Å². The van der Waals surface area contributed by atoms with Crippen LogP contribution in [-0.4, -0.2) is 35.5 Å². The van der Waals surface area contributed by atoms with E-state index in [1.165, 1.54) is 6.20 Å². The van der Waals surface area contributed by atoms with Crippen molar-refractivity contribution in [3.8, 4) is 0 Å². The molecule has 1 amide bonds. The Kier molecular flexibility index (Phi) is 3.47. The molecule has 2 N–H and O–H groups in total. The van der Waals surface area contributed by atoms with Crippen molar-refractivity contribution in [1.29, 1.82) is 0 Å². The van der Waals surface area contributed by atoms with Crippen molar-refractivity contribution >= 4 is 23.9 Å². The Morgan fingerprint density at radius 1 is 1.52 bits per heavy atom. The number of aromatic amines is 1. The van der Waals surface area contributed by atoms with Gasteiger partial charge in [0.2, 0.25) is 5.90 Å². The van der Waals surface area contributed by atoms with E-state index in [1.54, 1.807) is 19.1 Å². The van der Waals surface area contributed by atoms with Crippen LogP contribution in [0.5, 0.6) is 0 Å². The zero-order valence-electron chi connectivity index (χ0n) is 11.5. The van der Waals surface area contributed by atoms with Crippen LogP contribution in [0.1, 0.15) is 35.8 Å². The highest BCUT2D eigenvalue weighted by Crippen LogP contribution is 2.26. The van der Waals surface area contributed by atoms with E-state index in [0.717, 1.165) is 12.8 Å². The van der Waals surface area contributed by atoms with Crippen molar-refractivity contribution in [3.05, 3.63) is 29.1 Å². The third-order valence-corrected chi connectivity index (χ3v) is 3.05. The number of amides is 1. The van der Waals surface area contributed by atoms with Gasteiger partial charge >= 0.3 is 5.97 Å². The average molecular weight is 289 g/mol. The predicted octanol–water partition coefficient (Wildman–Crippen LogP) is 1.20. The smallest absolute Gasteiger partial charge is 0.339 e. The second kappa shape index (κ2) is 5.43. The monoisotopic (exact) mass is 289 g/mol. The number of hydrogen-bond acceptors (Lipinski definition) is 5. The van der Waals surface area contributed by atoms with Gasteiger partial charge in [0.25, 0.3) is 5.91 Å². The standard InChI is InChI=1S/C14H15N3O4/c1-2-20-14(19)8-5-9(15-7-8)6-11-12(18)16-17-13(11)21-10-3-4-10/h5-7,10,15H,2-4H2,1H3,(H,16,18). The van der Waals surface area contributed by atoms with E-state index < -0.39 is 5.97 Å². The number of esters is 1. The summed E-state index contributed by atoms with van der Waals surface area (Å²) in [4.78, 5) is 26.3. The predicted molar refractivity (Wildman–Crippen MR) is 74.4 cm³/mol. The number of carbonyl (C=O) groups excluding carboxylic acids is 2. The Morgan fingerprint density at radius 2 is 2.33 bits per heavy atom. The molecule has 1 fully saturated rings. The molecule has 1 saturated carbocycles. The molecular formula is C14H15N3O4. The number of nitrogens with one attached hydrogen (secondary N) is 2. The second-order valence-electron chi connectivity index (χ2n) is 4.80. The Labute approximate surface area is 121 Å². The minimum Gasteiger partial charge on any atom is -0.473 e. The molecule has 0 bridgehead atoms. The van der Waals surface area contributed by atoms with E-state index in [0.29, 0.717) is 29.3 Å². The van der Waals surface area contributed by atoms with E-state index in [9.17, 15) is 9.59 Å². The van der Waals surface area contributed by atoms with E-state index in [4.69, 9.17) is 9.47 Å². The van der Waals surface area contributed by atoms with Gasteiger partial charge in [0.15, 0.2) is 0 Å². The molecule has 1 aromatic rings. The molecule has 1 aliphatic carbocycles. The number of ether oxygens (including phenoxy) is 2. The minimum atomic E-state index is -0.405. The van der Waals surface area contributed by atoms with Crippen molar-refractivity contribution in [1.82, 2.24) is 10.4 Å². The van der Waals surface area contributed by atoms with Crippen molar-refractivity contribution < 1.29 is 19.1 Å². The first-order chi connectivity index (χ1) is 10.2. The van der Waals surface area contributed by atoms with Gasteiger partial charge in [-0.2, -0.15) is 0 Å². The van der Waals surface area contributed by atoms with Gasteiger partial charge in [-0.3, -0.25) is 4.79 Å². The fourth-order valence-electron chi connectivity index (χ4n) is 1.86. The third-order valence-electron chi connectivity index (χ3n) is 3.05. The van der Waals surface area contributed by atoms with Crippen LogP contribution < -0.4 is 5.43 Å². The number of aromatic nitrogens is 1. The first kappa shape index (κ1) is 13.4. The van der Waals surface area contributed by atoms with Gasteiger partial charge in [-0.1, -0.05) is 0 Å². The third kappa shape index (κ3) is 2.96. The molecule has 7 nitrogen and oxygen atoms in total. The number of hydrazone groups is 1. The van der Waals surface area contributed by atoms with Crippen LogP contribution in [0, 0.1) is 0 Å². The molecule has 0 unspecified atom stereocenters. The van der Waals surface area contributed by atoms with Crippen molar-refractivity contribution in [2.45, 2.75) is 25.9 Å². The first-order valence-electron chi connectivity index (χ1n) is 6.79. The largest absolute Gasteiger partial charge is 0.473 e. The molecular weight excluding hydrogens is 274 g/mol. The highest BCUT2D eigenvalue weighted by molar-refractivity contribution is 6.24. The lowest BCUT2D eigenvalue weighted by Crippen LogP contribution is -2.14. The van der Waals surface area contributed by atoms with Gasteiger partial charge in [-0.15, -0.1) is 5.10 Å². The maximum atomic E-state index is 11.8. The lowest BCUT2D eigenvalue weighted by molar-refractivity contribution is -0.116. The number of hydrogen-bond donors (Lipinski definition) is 2. The van der Waals surface area contributed by atoms with Crippen LogP contribution in [0.25, 0.3) is 6.08 Å². The molecule has 0 aromatic carbocycles. The van der Waals surface area contributed by atoms with E-state index in [-0.39, 0.29) is 12.0 Å². The van der Waals surface area contributed by atoms with Crippen LogP contribution in [0.2, 0.25) is 0 Å². The van der Waals surface area contributed by atoms with E-state index >= 15 is 0 Å². The minimum absolute atomic E-state index is 0.151. The summed E-state index contributed by atoms with van der Waals surface area (Å²) in [5.41, 5.74) is 3.73. The maximum absolute atomic E-state index is 11.8. The summed E-state index contributed by atoms with van der Waals surface area (Å²) in [6.45, 7) is 2.06. The van der Waals surface area contributed by atoms with Gasteiger partial charge in [0.05, 0.1) is 12.2 Å². The Bertz CT molecular complexity index is 640. The summed E-state index contributed by atoms with van der Waals surface area (Å²) in [6, 6.07) is 1.62. The Balaban J connectivity index is 1.78. The van der Waals surface area contributed by atoms with Crippen LogP contribution in [0.15, 0.2) is 22.9 Å². The number of rotatable bonds is 4. The Hall–Kier alpha value is -2.57. The van der Waals surface area contributed by atoms with Crippen LogP contribution >= 0.6 is 0 Å². The highest BCUT2D eigenvalue weighted by Gasteiger charge is 2.31. The number of H-pyrrole nitrogens is 1. The molecule has 0 atom stereocenters. The molecule has 3 rings (SSSR count). The molecule has 21 heavy (non-hydrogen) atoms. The average Bonchev–Trinajstić information content (AvgIpc) is 3.05. The number of nitrogens with zero attached hydrogens (tertiary/aromatic N) is 1. The van der Waals surface area contributed by atoms with Gasteiger partial charge < -0.3 is 14.5 Å². The summed E-state index contributed by atoms with van der Waals surface area (Å²) in [5.74, 6) is -0.426. The molecule has 2 aliphatic rings. The molecule has 2 heterocycles. The fourth-order valence-corrected chi connectivity index (χ4v) is 1.86. The van der Waals surface area contributed by atoms with Gasteiger partial charge in [-0.25, -0.2) is 10.2 Å². The van der Waals surface area contributed by atoms with E-state index in [2.05, 4.69) is 15.5 Å². The molecule has 0 radical (unpaired) electrons. The second-order valence-corrected chi connectivity index (χ2v) is 4.80. The van der Waals surface area contributed by atoms with Crippen LogP contribution in [-0.2, 0) is 14.3 Å². The van der Waals surface area contributed by atoms with Crippen LogP contribution in [0.4, 0.5) is 0 Å².